The summed E-state index contributed by atoms with van der Waals surface area (Å²) in [5.41, 5.74) is 5.36. The first-order valence-electron chi connectivity index (χ1n) is 6.88. The van der Waals surface area contributed by atoms with Crippen molar-refractivity contribution in [2.24, 2.45) is 0 Å². The number of H-pyrrole nitrogens is 1. The molecule has 1 nitrogen and oxygen atoms in total. The molecule has 3 aromatic rings. The van der Waals surface area contributed by atoms with Crippen molar-refractivity contribution in [2.75, 3.05) is 0 Å². The number of para-hydroxylation sites is 1. The highest BCUT2D eigenvalue weighted by Gasteiger charge is 2.04. The molecule has 0 radical (unpaired) electrons. The van der Waals surface area contributed by atoms with Crippen LogP contribution in [-0.4, -0.2) is 4.98 Å². The number of rotatable bonds is 3. The standard InChI is InChI=1S/C18H19N/c1-13(2)15-9-7-14(8-10-15)11-16-12-19-18-6-4-3-5-17(16)18/h3-10,12-13,19H,11H2,1-2H3. The van der Waals surface area contributed by atoms with Gasteiger partial charge in [0, 0.05) is 17.1 Å². The Hall–Kier alpha value is -2.02. The lowest BCUT2D eigenvalue weighted by atomic mass is 9.99. The number of aromatic amines is 1. The number of benzene rings is 2. The maximum atomic E-state index is 3.34. The van der Waals surface area contributed by atoms with Crippen LogP contribution in [0.15, 0.2) is 54.7 Å². The molecular formula is C18H19N. The van der Waals surface area contributed by atoms with Gasteiger partial charge in [0.15, 0.2) is 0 Å². The Bertz CT molecular complexity index is 674. The molecule has 1 N–H and O–H groups in total. The van der Waals surface area contributed by atoms with Crippen LogP contribution in [-0.2, 0) is 6.42 Å². The molecule has 3 rings (SSSR count). The molecule has 2 aromatic carbocycles. The van der Waals surface area contributed by atoms with Gasteiger partial charge < -0.3 is 4.98 Å². The third-order valence-corrected chi connectivity index (χ3v) is 3.72. The van der Waals surface area contributed by atoms with E-state index in [1.165, 1.54) is 27.6 Å². The van der Waals surface area contributed by atoms with Crippen LogP contribution in [0.1, 0.15) is 36.5 Å². The van der Waals surface area contributed by atoms with Crippen LogP contribution >= 0.6 is 0 Å². The van der Waals surface area contributed by atoms with Crippen molar-refractivity contribution in [3.8, 4) is 0 Å². The van der Waals surface area contributed by atoms with E-state index in [4.69, 9.17) is 0 Å². The third kappa shape index (κ3) is 2.41. The second-order valence-corrected chi connectivity index (χ2v) is 5.43. The van der Waals surface area contributed by atoms with E-state index in [0.717, 1.165) is 6.42 Å². The molecular weight excluding hydrogens is 230 g/mol. The molecule has 1 heterocycles. The molecule has 1 aromatic heterocycles. The molecule has 0 amide bonds. The minimum absolute atomic E-state index is 0.599. The van der Waals surface area contributed by atoms with Gasteiger partial charge in [-0.15, -0.1) is 0 Å². The van der Waals surface area contributed by atoms with Crippen LogP contribution < -0.4 is 0 Å². The van der Waals surface area contributed by atoms with E-state index in [0.29, 0.717) is 5.92 Å². The Labute approximate surface area is 114 Å². The van der Waals surface area contributed by atoms with Gasteiger partial charge in [-0.3, -0.25) is 0 Å². The Morgan fingerprint density at radius 3 is 2.42 bits per heavy atom. The number of hydrogen-bond donors (Lipinski definition) is 1. The minimum Gasteiger partial charge on any atom is -0.361 e. The van der Waals surface area contributed by atoms with Gasteiger partial charge in [-0.25, -0.2) is 0 Å². The zero-order valence-corrected chi connectivity index (χ0v) is 11.5. The van der Waals surface area contributed by atoms with Gasteiger partial charge in [-0.05, 0) is 35.1 Å². The SMILES string of the molecule is CC(C)c1ccc(Cc2c[nH]c3ccccc23)cc1. The molecule has 0 saturated carbocycles. The average molecular weight is 249 g/mol. The summed E-state index contributed by atoms with van der Waals surface area (Å²) >= 11 is 0. The zero-order chi connectivity index (χ0) is 13.2. The highest BCUT2D eigenvalue weighted by atomic mass is 14.7. The number of fused-ring (bicyclic) bond motifs is 1. The minimum atomic E-state index is 0.599. The van der Waals surface area contributed by atoms with Gasteiger partial charge in [0.1, 0.15) is 0 Å². The first-order valence-corrected chi connectivity index (χ1v) is 6.88. The molecule has 0 saturated heterocycles. The summed E-state index contributed by atoms with van der Waals surface area (Å²) in [6, 6.07) is 17.5. The molecule has 0 spiro atoms. The van der Waals surface area contributed by atoms with Crippen molar-refractivity contribution in [2.45, 2.75) is 26.2 Å². The maximum Gasteiger partial charge on any atom is 0.0456 e. The maximum absolute atomic E-state index is 3.34. The van der Waals surface area contributed by atoms with Crippen molar-refractivity contribution < 1.29 is 0 Å². The fraction of sp³-hybridized carbons (Fsp3) is 0.222. The summed E-state index contributed by atoms with van der Waals surface area (Å²) in [4.78, 5) is 3.34. The van der Waals surface area contributed by atoms with E-state index < -0.39 is 0 Å². The molecule has 0 fully saturated rings. The lowest BCUT2D eigenvalue weighted by Crippen LogP contribution is -1.90. The van der Waals surface area contributed by atoms with Crippen molar-refractivity contribution >= 4 is 10.9 Å². The summed E-state index contributed by atoms with van der Waals surface area (Å²) in [6.45, 7) is 4.46. The van der Waals surface area contributed by atoms with Gasteiger partial charge in [0.05, 0.1) is 0 Å². The Morgan fingerprint density at radius 2 is 1.68 bits per heavy atom. The van der Waals surface area contributed by atoms with Crippen LogP contribution in [0.25, 0.3) is 10.9 Å². The fourth-order valence-corrected chi connectivity index (χ4v) is 2.52. The first kappa shape index (κ1) is 12.0. The summed E-state index contributed by atoms with van der Waals surface area (Å²) in [5.74, 6) is 0.599. The highest BCUT2D eigenvalue weighted by Crippen LogP contribution is 2.22. The van der Waals surface area contributed by atoms with Crippen LogP contribution in [0.5, 0.6) is 0 Å². The van der Waals surface area contributed by atoms with Crippen molar-refractivity contribution in [3.05, 3.63) is 71.4 Å². The largest absolute Gasteiger partial charge is 0.361 e. The fourth-order valence-electron chi connectivity index (χ4n) is 2.52. The summed E-state index contributed by atoms with van der Waals surface area (Å²) in [6.07, 6.45) is 3.11. The smallest absolute Gasteiger partial charge is 0.0456 e. The van der Waals surface area contributed by atoms with Crippen molar-refractivity contribution in [1.82, 2.24) is 4.98 Å². The van der Waals surface area contributed by atoms with E-state index >= 15 is 0 Å². The first-order chi connectivity index (χ1) is 9.24. The second-order valence-electron chi connectivity index (χ2n) is 5.43. The van der Waals surface area contributed by atoms with Gasteiger partial charge >= 0.3 is 0 Å². The molecule has 0 aliphatic carbocycles. The van der Waals surface area contributed by atoms with E-state index in [-0.39, 0.29) is 0 Å². The van der Waals surface area contributed by atoms with E-state index in [1.807, 2.05) is 0 Å². The van der Waals surface area contributed by atoms with Crippen LogP contribution in [0, 0.1) is 0 Å². The van der Waals surface area contributed by atoms with Gasteiger partial charge in [0.2, 0.25) is 0 Å². The summed E-state index contributed by atoms with van der Waals surface area (Å²) in [5, 5.41) is 1.33. The second kappa shape index (κ2) is 4.93. The summed E-state index contributed by atoms with van der Waals surface area (Å²) in [7, 11) is 0. The van der Waals surface area contributed by atoms with Gasteiger partial charge in [-0.1, -0.05) is 56.3 Å². The quantitative estimate of drug-likeness (QED) is 0.680. The molecule has 0 bridgehead atoms. The number of aromatic nitrogens is 1. The summed E-state index contributed by atoms with van der Waals surface area (Å²) < 4.78 is 0. The lowest BCUT2D eigenvalue weighted by molar-refractivity contribution is 0.865. The molecule has 0 atom stereocenters. The predicted octanol–water partition coefficient (Wildman–Crippen LogP) is 4.88. The normalized spacial score (nSPS) is 11.3. The van der Waals surface area contributed by atoms with E-state index in [9.17, 15) is 0 Å². The van der Waals surface area contributed by atoms with Crippen molar-refractivity contribution in [3.63, 3.8) is 0 Å². The molecule has 1 heteroatoms. The molecule has 0 unspecified atom stereocenters. The van der Waals surface area contributed by atoms with Crippen LogP contribution in [0.3, 0.4) is 0 Å². The number of nitrogens with one attached hydrogen (secondary N) is 1. The highest BCUT2D eigenvalue weighted by molar-refractivity contribution is 5.83. The van der Waals surface area contributed by atoms with Gasteiger partial charge in [-0.2, -0.15) is 0 Å². The topological polar surface area (TPSA) is 15.8 Å². The Kier molecular flexibility index (Phi) is 3.12. The average Bonchev–Trinajstić information content (AvgIpc) is 2.83. The molecule has 0 aliphatic rings. The van der Waals surface area contributed by atoms with E-state index in [1.54, 1.807) is 0 Å². The molecule has 19 heavy (non-hydrogen) atoms. The van der Waals surface area contributed by atoms with E-state index in [2.05, 4.69) is 73.6 Å². The van der Waals surface area contributed by atoms with Crippen molar-refractivity contribution in [1.29, 1.82) is 0 Å². The predicted molar refractivity (Wildman–Crippen MR) is 81.6 cm³/mol. The lowest BCUT2D eigenvalue weighted by Gasteiger charge is -2.06. The zero-order valence-electron chi connectivity index (χ0n) is 11.5. The third-order valence-electron chi connectivity index (χ3n) is 3.72. The Morgan fingerprint density at radius 1 is 0.947 bits per heavy atom. The Balaban J connectivity index is 1.88. The monoisotopic (exact) mass is 249 g/mol. The molecule has 96 valence electrons. The van der Waals surface area contributed by atoms with Gasteiger partial charge in [0.25, 0.3) is 0 Å². The van der Waals surface area contributed by atoms with Crippen LogP contribution in [0.2, 0.25) is 0 Å². The number of hydrogen-bond acceptors (Lipinski definition) is 0. The molecule has 0 aliphatic heterocycles. The van der Waals surface area contributed by atoms with Crippen LogP contribution in [0.4, 0.5) is 0 Å².